The fraction of sp³-hybridized carbons (Fsp3) is 0.364. The number of hydrogen-bond acceptors (Lipinski definition) is 4. The number of rotatable bonds is 4. The summed E-state index contributed by atoms with van der Waals surface area (Å²) in [7, 11) is -3.47. The van der Waals surface area contributed by atoms with Gasteiger partial charge in [0, 0.05) is 19.6 Å². The normalized spacial score (nSPS) is 14.3. The largest absolute Gasteiger partial charge is 0.309 e. The zero-order chi connectivity index (χ0) is 12.3. The first-order chi connectivity index (χ1) is 8.11. The van der Waals surface area contributed by atoms with Crippen molar-refractivity contribution in [1.29, 1.82) is 5.26 Å². The smallest absolute Gasteiger partial charge is 0.225 e. The molecule has 1 aliphatic rings. The van der Waals surface area contributed by atoms with Crippen molar-refractivity contribution in [3.63, 3.8) is 0 Å². The van der Waals surface area contributed by atoms with E-state index in [4.69, 9.17) is 5.26 Å². The molecule has 0 saturated carbocycles. The van der Waals surface area contributed by atoms with E-state index in [1.165, 1.54) is 11.1 Å². The number of nitrogens with zero attached hydrogens (tertiary/aromatic N) is 1. The van der Waals surface area contributed by atoms with Crippen LogP contribution in [-0.4, -0.2) is 14.2 Å². The van der Waals surface area contributed by atoms with Crippen molar-refractivity contribution >= 4 is 10.0 Å². The Bertz CT molecular complexity index is 561. The van der Waals surface area contributed by atoms with Gasteiger partial charge >= 0.3 is 0 Å². The third-order valence-corrected chi connectivity index (χ3v) is 3.75. The fourth-order valence-corrected chi connectivity index (χ4v) is 2.45. The summed E-state index contributed by atoms with van der Waals surface area (Å²) in [6.07, 6.45) is 0. The molecule has 0 unspecified atom stereocenters. The number of fused-ring (bicyclic) bond motifs is 1. The highest BCUT2D eigenvalue weighted by atomic mass is 32.2. The van der Waals surface area contributed by atoms with Crippen LogP contribution in [0.1, 0.15) is 16.7 Å². The molecule has 1 heterocycles. The Morgan fingerprint density at radius 1 is 1.35 bits per heavy atom. The van der Waals surface area contributed by atoms with Gasteiger partial charge in [-0.1, -0.05) is 18.2 Å². The second-order valence-electron chi connectivity index (χ2n) is 3.94. The first-order valence-electron chi connectivity index (χ1n) is 5.26. The molecule has 0 bridgehead atoms. The summed E-state index contributed by atoms with van der Waals surface area (Å²) in [6.45, 7) is 1.93. The van der Waals surface area contributed by atoms with Gasteiger partial charge in [-0.3, -0.25) is 0 Å². The van der Waals surface area contributed by atoms with Crippen LogP contribution in [0.25, 0.3) is 0 Å². The first-order valence-corrected chi connectivity index (χ1v) is 6.91. The molecule has 0 atom stereocenters. The van der Waals surface area contributed by atoms with E-state index in [0.717, 1.165) is 18.7 Å². The Morgan fingerprint density at radius 2 is 2.12 bits per heavy atom. The Labute approximate surface area is 101 Å². The topological polar surface area (TPSA) is 82.0 Å². The number of hydrogen-bond donors (Lipinski definition) is 2. The maximum Gasteiger partial charge on any atom is 0.225 e. The Balaban J connectivity index is 2.03. The van der Waals surface area contributed by atoms with Crippen molar-refractivity contribution in [2.75, 3.05) is 5.75 Å². The van der Waals surface area contributed by atoms with Crippen molar-refractivity contribution in [2.45, 2.75) is 19.6 Å². The zero-order valence-electron chi connectivity index (χ0n) is 9.23. The molecule has 90 valence electrons. The van der Waals surface area contributed by atoms with E-state index in [-0.39, 0.29) is 6.54 Å². The molecular weight excluding hydrogens is 238 g/mol. The van der Waals surface area contributed by atoms with Crippen LogP contribution in [0, 0.1) is 11.3 Å². The predicted octanol–water partition coefficient (Wildman–Crippen LogP) is 0.233. The summed E-state index contributed by atoms with van der Waals surface area (Å²) in [6, 6.07) is 7.52. The van der Waals surface area contributed by atoms with Gasteiger partial charge in [0.1, 0.15) is 0 Å². The van der Waals surface area contributed by atoms with Gasteiger partial charge in [-0.05, 0) is 16.7 Å². The molecule has 0 amide bonds. The average Bonchev–Trinajstić information content (AvgIpc) is 2.73. The fourth-order valence-electron chi connectivity index (χ4n) is 1.79. The van der Waals surface area contributed by atoms with Crippen molar-refractivity contribution < 1.29 is 8.42 Å². The van der Waals surface area contributed by atoms with E-state index >= 15 is 0 Å². The number of nitriles is 1. The quantitative estimate of drug-likeness (QED) is 0.802. The Morgan fingerprint density at radius 3 is 2.88 bits per heavy atom. The molecular formula is C11H13N3O2S. The number of benzene rings is 1. The number of sulfonamides is 1. The van der Waals surface area contributed by atoms with Crippen molar-refractivity contribution in [1.82, 2.24) is 10.0 Å². The predicted molar refractivity (Wildman–Crippen MR) is 63.2 cm³/mol. The molecule has 5 nitrogen and oxygen atoms in total. The van der Waals surface area contributed by atoms with Crippen molar-refractivity contribution in [3.8, 4) is 6.07 Å². The maximum atomic E-state index is 11.3. The lowest BCUT2D eigenvalue weighted by atomic mass is 10.1. The molecule has 0 aromatic heterocycles. The van der Waals surface area contributed by atoms with Crippen LogP contribution in [0.3, 0.4) is 0 Å². The van der Waals surface area contributed by atoms with Gasteiger partial charge in [-0.25, -0.2) is 13.1 Å². The average molecular weight is 251 g/mol. The molecule has 17 heavy (non-hydrogen) atoms. The lowest BCUT2D eigenvalue weighted by Crippen LogP contribution is -2.25. The van der Waals surface area contributed by atoms with E-state index < -0.39 is 15.8 Å². The summed E-state index contributed by atoms with van der Waals surface area (Å²) < 4.78 is 25.0. The van der Waals surface area contributed by atoms with Crippen molar-refractivity contribution in [3.05, 3.63) is 34.9 Å². The molecule has 1 aliphatic heterocycles. The Hall–Kier alpha value is -1.42. The summed E-state index contributed by atoms with van der Waals surface area (Å²) in [4.78, 5) is 0. The molecule has 1 aromatic carbocycles. The molecule has 6 heteroatoms. The standard InChI is InChI=1S/C11H13N3O2S/c12-3-4-17(15,16)14-6-9-1-2-10-7-13-8-11(10)5-9/h1-2,5,13-14H,4,6-8H2. The number of nitrogens with one attached hydrogen (secondary N) is 2. The van der Waals surface area contributed by atoms with Crippen LogP contribution in [0.15, 0.2) is 18.2 Å². The van der Waals surface area contributed by atoms with E-state index in [1.54, 1.807) is 6.07 Å². The third-order valence-electron chi connectivity index (χ3n) is 2.65. The zero-order valence-corrected chi connectivity index (χ0v) is 10.0. The minimum Gasteiger partial charge on any atom is -0.309 e. The summed E-state index contributed by atoms with van der Waals surface area (Å²) >= 11 is 0. The minimum absolute atomic E-state index is 0.233. The molecule has 0 radical (unpaired) electrons. The Kier molecular flexibility index (Phi) is 3.43. The van der Waals surface area contributed by atoms with Crippen molar-refractivity contribution in [2.24, 2.45) is 0 Å². The van der Waals surface area contributed by atoms with Crippen LogP contribution < -0.4 is 10.0 Å². The van der Waals surface area contributed by atoms with Gasteiger partial charge in [0.05, 0.1) is 6.07 Å². The summed E-state index contributed by atoms with van der Waals surface area (Å²) in [5, 5.41) is 11.6. The monoisotopic (exact) mass is 251 g/mol. The SMILES string of the molecule is N#CCS(=O)(=O)NCc1ccc2c(c1)CNC2. The second kappa shape index (κ2) is 4.84. The van der Waals surface area contributed by atoms with E-state index in [0.29, 0.717) is 0 Å². The molecule has 0 fully saturated rings. The minimum atomic E-state index is -3.47. The maximum absolute atomic E-state index is 11.3. The van der Waals surface area contributed by atoms with Crippen LogP contribution in [0.4, 0.5) is 0 Å². The van der Waals surface area contributed by atoms with Crippen LogP contribution in [-0.2, 0) is 29.7 Å². The van der Waals surface area contributed by atoms with Gasteiger partial charge in [0.25, 0.3) is 0 Å². The first kappa shape index (κ1) is 12.0. The lowest BCUT2D eigenvalue weighted by molar-refractivity contribution is 0.585. The van der Waals surface area contributed by atoms with Crippen LogP contribution >= 0.6 is 0 Å². The van der Waals surface area contributed by atoms with Gasteiger partial charge in [-0.15, -0.1) is 0 Å². The van der Waals surface area contributed by atoms with Gasteiger partial charge in [0.15, 0.2) is 5.75 Å². The summed E-state index contributed by atoms with van der Waals surface area (Å²) in [5.41, 5.74) is 3.38. The molecule has 2 rings (SSSR count). The molecule has 0 spiro atoms. The molecule has 2 N–H and O–H groups in total. The van der Waals surface area contributed by atoms with Crippen LogP contribution in [0.5, 0.6) is 0 Å². The van der Waals surface area contributed by atoms with E-state index in [2.05, 4.69) is 10.0 Å². The van der Waals surface area contributed by atoms with Gasteiger partial charge < -0.3 is 5.32 Å². The second-order valence-corrected chi connectivity index (χ2v) is 5.75. The highest BCUT2D eigenvalue weighted by molar-refractivity contribution is 7.89. The molecule has 1 aromatic rings. The highest BCUT2D eigenvalue weighted by Gasteiger charge is 2.12. The molecule has 0 saturated heterocycles. The van der Waals surface area contributed by atoms with E-state index in [1.807, 2.05) is 18.2 Å². The lowest BCUT2D eigenvalue weighted by Gasteiger charge is -2.05. The molecule has 0 aliphatic carbocycles. The van der Waals surface area contributed by atoms with Gasteiger partial charge in [-0.2, -0.15) is 5.26 Å². The van der Waals surface area contributed by atoms with E-state index in [9.17, 15) is 8.42 Å². The summed E-state index contributed by atoms with van der Waals surface area (Å²) in [5.74, 6) is -0.500. The van der Waals surface area contributed by atoms with Crippen LogP contribution in [0.2, 0.25) is 0 Å². The highest BCUT2D eigenvalue weighted by Crippen LogP contribution is 2.16. The van der Waals surface area contributed by atoms with Gasteiger partial charge in [0.2, 0.25) is 10.0 Å². The third kappa shape index (κ3) is 3.03.